The molecule has 1 aliphatic heterocycles. The molecule has 5 nitrogen and oxygen atoms in total. The fourth-order valence-corrected chi connectivity index (χ4v) is 3.82. The summed E-state index contributed by atoms with van der Waals surface area (Å²) >= 11 is 6.61. The molecule has 2 aromatic carbocycles. The minimum atomic E-state index is 0.206. The molecular formula is C21H21ClN4O. The van der Waals surface area contributed by atoms with Gasteiger partial charge in [-0.1, -0.05) is 48.9 Å². The molecule has 0 unspecified atom stereocenters. The molecule has 0 atom stereocenters. The van der Waals surface area contributed by atoms with Crippen molar-refractivity contribution in [1.29, 1.82) is 0 Å². The largest absolute Gasteiger partial charge is 0.352 e. The summed E-state index contributed by atoms with van der Waals surface area (Å²) in [5.74, 6) is 1.09. The number of aromatic nitrogens is 2. The van der Waals surface area contributed by atoms with Gasteiger partial charge in [0, 0.05) is 48.6 Å². The fourth-order valence-electron chi connectivity index (χ4n) is 3.55. The van der Waals surface area contributed by atoms with E-state index in [1.807, 2.05) is 54.3 Å². The van der Waals surface area contributed by atoms with E-state index in [0.717, 1.165) is 40.9 Å². The summed E-state index contributed by atoms with van der Waals surface area (Å²) in [7, 11) is 0. The number of hydrogen-bond acceptors (Lipinski definition) is 4. The fraction of sp³-hybridized carbons (Fsp3) is 0.286. The van der Waals surface area contributed by atoms with Gasteiger partial charge in [-0.3, -0.25) is 4.79 Å². The lowest BCUT2D eigenvalue weighted by molar-refractivity contribution is -0.131. The normalized spacial score (nSPS) is 14.6. The van der Waals surface area contributed by atoms with Crippen LogP contribution in [0, 0.1) is 0 Å². The highest BCUT2D eigenvalue weighted by molar-refractivity contribution is 6.34. The molecule has 6 heteroatoms. The molecule has 1 fully saturated rings. The third kappa shape index (κ3) is 3.47. The lowest BCUT2D eigenvalue weighted by Gasteiger charge is -2.35. The van der Waals surface area contributed by atoms with Crippen molar-refractivity contribution in [3.8, 4) is 11.1 Å². The second-order valence-corrected chi connectivity index (χ2v) is 7.04. The first kappa shape index (κ1) is 17.7. The Labute approximate surface area is 163 Å². The van der Waals surface area contributed by atoms with Crippen LogP contribution in [0.1, 0.15) is 13.3 Å². The first-order valence-corrected chi connectivity index (χ1v) is 9.57. The predicted octanol–water partition coefficient (Wildman–Crippen LogP) is 4.01. The number of carbonyl (C=O) groups is 1. The number of carbonyl (C=O) groups excluding carboxylic acids is 1. The second kappa shape index (κ2) is 7.53. The molecule has 1 aliphatic rings. The van der Waals surface area contributed by atoms with Crippen LogP contribution in [0.2, 0.25) is 5.02 Å². The van der Waals surface area contributed by atoms with Crippen molar-refractivity contribution in [3.63, 3.8) is 0 Å². The van der Waals surface area contributed by atoms with Crippen LogP contribution in [-0.2, 0) is 4.79 Å². The molecule has 1 saturated heterocycles. The van der Waals surface area contributed by atoms with Crippen LogP contribution >= 0.6 is 11.6 Å². The number of piperazine rings is 1. The van der Waals surface area contributed by atoms with Gasteiger partial charge in [0.05, 0.1) is 5.52 Å². The van der Waals surface area contributed by atoms with E-state index < -0.39 is 0 Å². The lowest BCUT2D eigenvalue weighted by Crippen LogP contribution is -2.48. The molecule has 0 aliphatic carbocycles. The highest BCUT2D eigenvalue weighted by atomic mass is 35.5. The van der Waals surface area contributed by atoms with Crippen LogP contribution in [0.5, 0.6) is 0 Å². The van der Waals surface area contributed by atoms with E-state index in [4.69, 9.17) is 11.6 Å². The van der Waals surface area contributed by atoms with Crippen molar-refractivity contribution in [3.05, 3.63) is 53.8 Å². The summed E-state index contributed by atoms with van der Waals surface area (Å²) in [4.78, 5) is 25.0. The van der Waals surface area contributed by atoms with E-state index in [0.29, 0.717) is 24.5 Å². The highest BCUT2D eigenvalue weighted by Gasteiger charge is 2.22. The molecule has 0 N–H and O–H groups in total. The zero-order valence-electron chi connectivity index (χ0n) is 15.2. The zero-order chi connectivity index (χ0) is 18.8. The van der Waals surface area contributed by atoms with Crippen LogP contribution in [0.3, 0.4) is 0 Å². The van der Waals surface area contributed by atoms with E-state index >= 15 is 0 Å². The predicted molar refractivity (Wildman–Crippen MR) is 109 cm³/mol. The number of amides is 1. The maximum Gasteiger partial charge on any atom is 0.222 e. The SMILES string of the molecule is CCC(=O)N1CCN(c2ncnc3cc(-c4ccccc4)c(Cl)cc23)CC1. The summed E-state index contributed by atoms with van der Waals surface area (Å²) in [6.07, 6.45) is 2.15. The van der Waals surface area contributed by atoms with Gasteiger partial charge in [0.25, 0.3) is 0 Å². The molecule has 3 aromatic rings. The maximum absolute atomic E-state index is 11.9. The molecule has 0 spiro atoms. The van der Waals surface area contributed by atoms with Gasteiger partial charge in [0.1, 0.15) is 12.1 Å². The van der Waals surface area contributed by atoms with E-state index in [1.165, 1.54) is 0 Å². The van der Waals surface area contributed by atoms with Crippen molar-refractivity contribution in [2.75, 3.05) is 31.1 Å². The number of anilines is 1. The zero-order valence-corrected chi connectivity index (χ0v) is 16.0. The number of benzene rings is 2. The van der Waals surface area contributed by atoms with Gasteiger partial charge in [-0.05, 0) is 17.7 Å². The molecule has 0 saturated carbocycles. The monoisotopic (exact) mass is 380 g/mol. The van der Waals surface area contributed by atoms with Crippen molar-refractivity contribution < 1.29 is 4.79 Å². The number of rotatable bonds is 3. The molecule has 138 valence electrons. The van der Waals surface area contributed by atoms with Gasteiger partial charge in [0.2, 0.25) is 5.91 Å². The van der Waals surface area contributed by atoms with Crippen molar-refractivity contribution in [2.45, 2.75) is 13.3 Å². The minimum Gasteiger partial charge on any atom is -0.352 e. The Hall–Kier alpha value is -2.66. The third-order valence-electron chi connectivity index (χ3n) is 5.02. The van der Waals surface area contributed by atoms with E-state index in [2.05, 4.69) is 14.9 Å². The number of fused-ring (bicyclic) bond motifs is 1. The average Bonchev–Trinajstić information content (AvgIpc) is 2.73. The van der Waals surface area contributed by atoms with Gasteiger partial charge in [-0.15, -0.1) is 0 Å². The van der Waals surface area contributed by atoms with Crippen LogP contribution < -0.4 is 4.90 Å². The Morgan fingerprint density at radius 3 is 2.52 bits per heavy atom. The Morgan fingerprint density at radius 2 is 1.81 bits per heavy atom. The van der Waals surface area contributed by atoms with Gasteiger partial charge in [-0.25, -0.2) is 9.97 Å². The Kier molecular flexibility index (Phi) is 4.94. The topological polar surface area (TPSA) is 49.3 Å². The van der Waals surface area contributed by atoms with E-state index in [1.54, 1.807) is 6.33 Å². The second-order valence-electron chi connectivity index (χ2n) is 6.63. The molecule has 1 aromatic heterocycles. The molecular weight excluding hydrogens is 360 g/mol. The molecule has 0 bridgehead atoms. The number of hydrogen-bond donors (Lipinski definition) is 0. The smallest absolute Gasteiger partial charge is 0.222 e. The molecule has 0 radical (unpaired) electrons. The Balaban J connectivity index is 1.67. The van der Waals surface area contributed by atoms with Crippen LogP contribution in [-0.4, -0.2) is 47.0 Å². The number of nitrogens with zero attached hydrogens (tertiary/aromatic N) is 4. The van der Waals surface area contributed by atoms with Crippen molar-refractivity contribution in [1.82, 2.24) is 14.9 Å². The average molecular weight is 381 g/mol. The molecule has 2 heterocycles. The van der Waals surface area contributed by atoms with Crippen LogP contribution in [0.25, 0.3) is 22.0 Å². The van der Waals surface area contributed by atoms with Crippen molar-refractivity contribution >= 4 is 34.2 Å². The van der Waals surface area contributed by atoms with E-state index in [9.17, 15) is 4.79 Å². The summed E-state index contributed by atoms with van der Waals surface area (Å²) < 4.78 is 0. The van der Waals surface area contributed by atoms with Gasteiger partial charge < -0.3 is 9.80 Å². The van der Waals surface area contributed by atoms with E-state index in [-0.39, 0.29) is 5.91 Å². The van der Waals surface area contributed by atoms with Gasteiger partial charge in [0.15, 0.2) is 0 Å². The summed E-state index contributed by atoms with van der Waals surface area (Å²) in [6, 6.07) is 14.0. The Bertz CT molecular complexity index is 969. The maximum atomic E-state index is 11.9. The highest BCUT2D eigenvalue weighted by Crippen LogP contribution is 2.34. The standard InChI is InChI=1S/C21H21ClN4O/c1-2-20(27)25-8-10-26(11-9-25)21-17-12-18(22)16(13-19(17)23-14-24-21)15-6-4-3-5-7-15/h3-7,12-14H,2,8-11H2,1H3. The summed E-state index contributed by atoms with van der Waals surface area (Å²) in [6.45, 7) is 4.85. The summed E-state index contributed by atoms with van der Waals surface area (Å²) in [5, 5.41) is 1.63. The molecule has 4 rings (SSSR count). The molecule has 1 amide bonds. The first-order chi connectivity index (χ1) is 13.2. The van der Waals surface area contributed by atoms with Crippen molar-refractivity contribution in [2.24, 2.45) is 0 Å². The van der Waals surface area contributed by atoms with Crippen LogP contribution in [0.4, 0.5) is 5.82 Å². The first-order valence-electron chi connectivity index (χ1n) is 9.19. The van der Waals surface area contributed by atoms with Crippen LogP contribution in [0.15, 0.2) is 48.8 Å². The molecule has 27 heavy (non-hydrogen) atoms. The number of halogens is 1. The van der Waals surface area contributed by atoms with Gasteiger partial charge in [-0.2, -0.15) is 0 Å². The Morgan fingerprint density at radius 1 is 1.07 bits per heavy atom. The lowest BCUT2D eigenvalue weighted by atomic mass is 10.0. The summed E-state index contributed by atoms with van der Waals surface area (Å²) in [5.41, 5.74) is 2.90. The third-order valence-corrected chi connectivity index (χ3v) is 5.33. The van der Waals surface area contributed by atoms with Gasteiger partial charge >= 0.3 is 0 Å². The quantitative estimate of drug-likeness (QED) is 0.688. The minimum absolute atomic E-state index is 0.206.